The van der Waals surface area contributed by atoms with Crippen LogP contribution in [0.15, 0.2) is 54.6 Å². The fourth-order valence-corrected chi connectivity index (χ4v) is 3.01. The van der Waals surface area contributed by atoms with Crippen LogP contribution >= 0.6 is 0 Å². The number of amides is 1. The second-order valence-electron chi connectivity index (χ2n) is 6.03. The summed E-state index contributed by atoms with van der Waals surface area (Å²) in [5.41, 5.74) is 8.55. The van der Waals surface area contributed by atoms with Crippen molar-refractivity contribution in [2.75, 3.05) is 19.6 Å². The Morgan fingerprint density at radius 1 is 1.09 bits per heavy atom. The highest BCUT2D eigenvalue weighted by atomic mass is 16.1. The summed E-state index contributed by atoms with van der Waals surface area (Å²) in [6.07, 6.45) is 2.28. The van der Waals surface area contributed by atoms with Crippen molar-refractivity contribution in [3.8, 4) is 0 Å². The summed E-state index contributed by atoms with van der Waals surface area (Å²) < 4.78 is 0. The smallest absolute Gasteiger partial charge is 0.248 e. The highest BCUT2D eigenvalue weighted by molar-refractivity contribution is 5.92. The van der Waals surface area contributed by atoms with Crippen molar-refractivity contribution in [3.63, 3.8) is 0 Å². The maximum absolute atomic E-state index is 11.4. The second kappa shape index (κ2) is 6.75. The molecule has 3 nitrogen and oxygen atoms in total. The summed E-state index contributed by atoms with van der Waals surface area (Å²) in [6.45, 7) is 3.40. The molecule has 1 fully saturated rings. The maximum atomic E-state index is 11.4. The molecule has 1 unspecified atom stereocenters. The molecule has 1 saturated heterocycles. The van der Waals surface area contributed by atoms with Crippen LogP contribution in [-0.2, 0) is 6.42 Å². The first-order valence-corrected chi connectivity index (χ1v) is 7.88. The third-order valence-electron chi connectivity index (χ3n) is 4.39. The van der Waals surface area contributed by atoms with Gasteiger partial charge in [-0.1, -0.05) is 42.5 Å². The number of benzene rings is 2. The highest BCUT2D eigenvalue weighted by Crippen LogP contribution is 2.25. The first kappa shape index (κ1) is 14.8. The summed E-state index contributed by atoms with van der Waals surface area (Å²) in [5, 5.41) is 0. The highest BCUT2D eigenvalue weighted by Gasteiger charge is 2.21. The summed E-state index contributed by atoms with van der Waals surface area (Å²) in [6, 6.07) is 18.3. The topological polar surface area (TPSA) is 46.3 Å². The lowest BCUT2D eigenvalue weighted by molar-refractivity contribution is 0.1000. The summed E-state index contributed by atoms with van der Waals surface area (Å²) in [7, 11) is 0. The molecule has 0 saturated carbocycles. The van der Waals surface area contributed by atoms with E-state index in [0.29, 0.717) is 11.5 Å². The van der Waals surface area contributed by atoms with Crippen molar-refractivity contribution >= 4 is 5.91 Å². The molecule has 2 N–H and O–H groups in total. The van der Waals surface area contributed by atoms with E-state index in [-0.39, 0.29) is 5.91 Å². The van der Waals surface area contributed by atoms with Crippen LogP contribution in [0.3, 0.4) is 0 Å². The lowest BCUT2D eigenvalue weighted by atomic mass is 9.89. The minimum Gasteiger partial charge on any atom is -0.366 e. The van der Waals surface area contributed by atoms with E-state index in [9.17, 15) is 4.79 Å². The van der Waals surface area contributed by atoms with E-state index < -0.39 is 0 Å². The van der Waals surface area contributed by atoms with Gasteiger partial charge in [0.1, 0.15) is 0 Å². The van der Waals surface area contributed by atoms with Gasteiger partial charge < -0.3 is 10.6 Å². The van der Waals surface area contributed by atoms with Crippen LogP contribution in [-0.4, -0.2) is 30.4 Å². The number of primary amides is 1. The van der Waals surface area contributed by atoms with E-state index in [2.05, 4.69) is 35.2 Å². The Balaban J connectivity index is 1.83. The Morgan fingerprint density at radius 3 is 2.50 bits per heavy atom. The molecular weight excluding hydrogens is 272 g/mol. The molecule has 22 heavy (non-hydrogen) atoms. The standard InChI is InChI=1S/C19H22N2O/c20-19(22)17-9-4-8-16(13-17)18(14-21-10-5-11-21)12-15-6-2-1-3-7-15/h1-4,6-9,13,18H,5,10-12,14H2,(H2,20,22). The van der Waals surface area contributed by atoms with E-state index in [1.54, 1.807) is 6.07 Å². The van der Waals surface area contributed by atoms with Crippen LogP contribution in [0.4, 0.5) is 0 Å². The molecule has 1 atom stereocenters. The number of likely N-dealkylation sites (tertiary alicyclic amines) is 1. The summed E-state index contributed by atoms with van der Waals surface area (Å²) in [4.78, 5) is 13.9. The number of nitrogens with zero attached hydrogens (tertiary/aromatic N) is 1. The van der Waals surface area contributed by atoms with Crippen LogP contribution in [0.25, 0.3) is 0 Å². The molecule has 114 valence electrons. The van der Waals surface area contributed by atoms with Crippen LogP contribution in [0.1, 0.15) is 33.8 Å². The van der Waals surface area contributed by atoms with E-state index in [1.807, 2.05) is 18.2 Å². The minimum absolute atomic E-state index is 0.357. The molecule has 1 aliphatic rings. The molecule has 0 radical (unpaired) electrons. The van der Waals surface area contributed by atoms with Crippen molar-refractivity contribution in [2.45, 2.75) is 18.8 Å². The quantitative estimate of drug-likeness (QED) is 0.890. The van der Waals surface area contributed by atoms with Gasteiger partial charge in [-0.3, -0.25) is 4.79 Å². The van der Waals surface area contributed by atoms with E-state index in [0.717, 1.165) is 13.0 Å². The van der Waals surface area contributed by atoms with E-state index >= 15 is 0 Å². The zero-order valence-corrected chi connectivity index (χ0v) is 12.7. The predicted octanol–water partition coefficient (Wildman–Crippen LogP) is 2.82. The molecule has 3 rings (SSSR count). The van der Waals surface area contributed by atoms with Crippen molar-refractivity contribution in [1.29, 1.82) is 0 Å². The first-order chi connectivity index (χ1) is 10.7. The zero-order valence-electron chi connectivity index (χ0n) is 12.7. The third kappa shape index (κ3) is 3.55. The monoisotopic (exact) mass is 294 g/mol. The number of rotatable bonds is 6. The summed E-state index contributed by atoms with van der Waals surface area (Å²) in [5.74, 6) is 0.0336. The molecule has 1 heterocycles. The average molecular weight is 294 g/mol. The Labute approximate surface area is 131 Å². The van der Waals surface area contributed by atoms with Gasteiger partial charge in [0.2, 0.25) is 5.91 Å². The Bertz CT molecular complexity index is 635. The van der Waals surface area contributed by atoms with Gasteiger partial charge in [-0.05, 0) is 49.2 Å². The number of nitrogens with two attached hydrogens (primary N) is 1. The van der Waals surface area contributed by atoms with Crippen LogP contribution < -0.4 is 5.73 Å². The third-order valence-corrected chi connectivity index (χ3v) is 4.39. The van der Waals surface area contributed by atoms with E-state index in [1.165, 1.54) is 30.6 Å². The SMILES string of the molecule is NC(=O)c1cccc(C(Cc2ccccc2)CN2CCC2)c1. The van der Waals surface area contributed by atoms with Crippen LogP contribution in [0.2, 0.25) is 0 Å². The number of hydrogen-bond donors (Lipinski definition) is 1. The predicted molar refractivity (Wildman–Crippen MR) is 88.9 cm³/mol. The van der Waals surface area contributed by atoms with Gasteiger partial charge in [-0.25, -0.2) is 0 Å². The first-order valence-electron chi connectivity index (χ1n) is 7.88. The van der Waals surface area contributed by atoms with Gasteiger partial charge in [0.25, 0.3) is 0 Å². The van der Waals surface area contributed by atoms with Gasteiger partial charge in [0, 0.05) is 18.0 Å². The Kier molecular flexibility index (Phi) is 4.54. The normalized spacial score (nSPS) is 16.0. The number of carbonyl (C=O) groups excluding carboxylic acids is 1. The van der Waals surface area contributed by atoms with Gasteiger partial charge in [0.15, 0.2) is 0 Å². The largest absolute Gasteiger partial charge is 0.366 e. The molecule has 2 aromatic carbocycles. The van der Waals surface area contributed by atoms with Crippen LogP contribution in [0, 0.1) is 0 Å². The van der Waals surface area contributed by atoms with Crippen LogP contribution in [0.5, 0.6) is 0 Å². The van der Waals surface area contributed by atoms with Crippen molar-refractivity contribution in [3.05, 3.63) is 71.3 Å². The average Bonchev–Trinajstić information content (AvgIpc) is 2.50. The van der Waals surface area contributed by atoms with Crippen molar-refractivity contribution in [2.24, 2.45) is 5.73 Å². The minimum atomic E-state index is -0.357. The van der Waals surface area contributed by atoms with Gasteiger partial charge in [-0.2, -0.15) is 0 Å². The van der Waals surface area contributed by atoms with E-state index in [4.69, 9.17) is 5.73 Å². The van der Waals surface area contributed by atoms with Crippen molar-refractivity contribution in [1.82, 2.24) is 4.90 Å². The molecule has 0 aromatic heterocycles. The number of hydrogen-bond acceptors (Lipinski definition) is 2. The van der Waals surface area contributed by atoms with Crippen molar-refractivity contribution < 1.29 is 4.79 Å². The Hall–Kier alpha value is -2.13. The van der Waals surface area contributed by atoms with Gasteiger partial charge in [-0.15, -0.1) is 0 Å². The number of carbonyl (C=O) groups is 1. The lowest BCUT2D eigenvalue weighted by Crippen LogP contribution is -2.40. The fraction of sp³-hybridized carbons (Fsp3) is 0.316. The maximum Gasteiger partial charge on any atom is 0.248 e. The summed E-state index contributed by atoms with van der Waals surface area (Å²) >= 11 is 0. The zero-order chi connectivity index (χ0) is 15.4. The van der Waals surface area contributed by atoms with Gasteiger partial charge >= 0.3 is 0 Å². The molecule has 2 aromatic rings. The molecule has 0 spiro atoms. The second-order valence-corrected chi connectivity index (χ2v) is 6.03. The fourth-order valence-electron chi connectivity index (χ4n) is 3.01. The Morgan fingerprint density at radius 2 is 1.86 bits per heavy atom. The molecule has 0 aliphatic carbocycles. The molecule has 1 aliphatic heterocycles. The van der Waals surface area contributed by atoms with Gasteiger partial charge in [0.05, 0.1) is 0 Å². The molecule has 3 heteroatoms. The molecule has 0 bridgehead atoms. The molecular formula is C19H22N2O. The molecule has 1 amide bonds. The lowest BCUT2D eigenvalue weighted by Gasteiger charge is -2.34.